The fourth-order valence-corrected chi connectivity index (χ4v) is 1.69. The monoisotopic (exact) mass is 310 g/mol. The van der Waals surface area contributed by atoms with Crippen molar-refractivity contribution in [3.63, 3.8) is 0 Å². The van der Waals surface area contributed by atoms with Gasteiger partial charge in [-0.25, -0.2) is 4.39 Å². The molecule has 0 fully saturated rings. The number of benzene rings is 1. The van der Waals surface area contributed by atoms with Crippen molar-refractivity contribution < 1.29 is 9.18 Å². The fraction of sp³-hybridized carbons (Fsp3) is 0. The van der Waals surface area contributed by atoms with Gasteiger partial charge in [-0.2, -0.15) is 0 Å². The second kappa shape index (κ2) is 5.14. The van der Waals surface area contributed by atoms with Gasteiger partial charge >= 0.3 is 0 Å². The molecular formula is C12H8BrFN2O2. The lowest BCUT2D eigenvalue weighted by molar-refractivity contribution is 0.102. The van der Waals surface area contributed by atoms with Crippen LogP contribution in [0.2, 0.25) is 0 Å². The van der Waals surface area contributed by atoms with Gasteiger partial charge in [-0.3, -0.25) is 9.59 Å². The lowest BCUT2D eigenvalue weighted by atomic mass is 10.2. The zero-order chi connectivity index (χ0) is 13.1. The molecule has 1 aromatic heterocycles. The number of H-pyrrole nitrogens is 1. The highest BCUT2D eigenvalue weighted by molar-refractivity contribution is 9.10. The van der Waals surface area contributed by atoms with Gasteiger partial charge in [0.1, 0.15) is 5.82 Å². The first-order valence-electron chi connectivity index (χ1n) is 5.01. The predicted octanol–water partition coefficient (Wildman–Crippen LogP) is 2.53. The number of carbonyl (C=O) groups excluding carboxylic acids is 1. The zero-order valence-electron chi connectivity index (χ0n) is 9.04. The van der Waals surface area contributed by atoms with Crippen molar-refractivity contribution in [1.29, 1.82) is 0 Å². The summed E-state index contributed by atoms with van der Waals surface area (Å²) in [6.07, 6.45) is 1.30. The first-order chi connectivity index (χ1) is 8.56. The number of halogens is 2. The number of hydrogen-bond donors (Lipinski definition) is 2. The molecule has 0 saturated carbocycles. The van der Waals surface area contributed by atoms with Crippen LogP contribution in [0.3, 0.4) is 0 Å². The summed E-state index contributed by atoms with van der Waals surface area (Å²) in [5.41, 5.74) is 0.315. The summed E-state index contributed by atoms with van der Waals surface area (Å²) >= 11 is 3.20. The summed E-state index contributed by atoms with van der Waals surface area (Å²) in [5.74, 6) is -0.882. The van der Waals surface area contributed by atoms with Crippen molar-refractivity contribution in [1.82, 2.24) is 4.98 Å². The highest BCUT2D eigenvalue weighted by Crippen LogP contribution is 2.23. The number of anilines is 1. The van der Waals surface area contributed by atoms with E-state index < -0.39 is 11.7 Å². The molecule has 0 saturated heterocycles. The Morgan fingerprint density at radius 2 is 2.06 bits per heavy atom. The summed E-state index contributed by atoms with van der Waals surface area (Å²) in [7, 11) is 0. The first kappa shape index (κ1) is 12.5. The lowest BCUT2D eigenvalue weighted by Crippen LogP contribution is -2.14. The minimum Gasteiger partial charge on any atom is -0.328 e. The van der Waals surface area contributed by atoms with Gasteiger partial charge in [-0.1, -0.05) is 0 Å². The van der Waals surface area contributed by atoms with E-state index in [9.17, 15) is 14.0 Å². The maximum absolute atomic E-state index is 13.0. The van der Waals surface area contributed by atoms with Crippen molar-refractivity contribution in [2.45, 2.75) is 0 Å². The molecular weight excluding hydrogens is 303 g/mol. The Labute approximate surface area is 110 Å². The van der Waals surface area contributed by atoms with Crippen LogP contribution in [0.5, 0.6) is 0 Å². The summed E-state index contributed by atoms with van der Waals surface area (Å²) < 4.78 is 13.6. The van der Waals surface area contributed by atoms with Crippen LogP contribution < -0.4 is 10.9 Å². The highest BCUT2D eigenvalue weighted by Gasteiger charge is 2.09. The number of amides is 1. The molecule has 6 heteroatoms. The number of rotatable bonds is 2. The molecule has 0 radical (unpaired) electrons. The molecule has 1 aromatic carbocycles. The maximum atomic E-state index is 13.0. The Bertz CT molecular complexity index is 634. The topological polar surface area (TPSA) is 62.0 Å². The smallest absolute Gasteiger partial charge is 0.257 e. The lowest BCUT2D eigenvalue weighted by Gasteiger charge is -2.07. The molecule has 2 aromatic rings. The Hall–Kier alpha value is -1.95. The van der Waals surface area contributed by atoms with Crippen LogP contribution in [0.25, 0.3) is 0 Å². The summed E-state index contributed by atoms with van der Waals surface area (Å²) in [6.45, 7) is 0. The van der Waals surface area contributed by atoms with Gasteiger partial charge in [0.05, 0.1) is 11.3 Å². The standard InChI is InChI=1S/C12H8BrFN2O2/c13-9-3-2-8(14)5-10(9)16-12(18)7-1-4-11(17)15-6-7/h1-6H,(H,15,17)(H,16,18). The van der Waals surface area contributed by atoms with Crippen LogP contribution in [-0.2, 0) is 0 Å². The number of aromatic nitrogens is 1. The first-order valence-corrected chi connectivity index (χ1v) is 5.81. The third-order valence-electron chi connectivity index (χ3n) is 2.22. The predicted molar refractivity (Wildman–Crippen MR) is 69.1 cm³/mol. The molecule has 92 valence electrons. The van der Waals surface area contributed by atoms with Crippen molar-refractivity contribution in [2.75, 3.05) is 5.32 Å². The summed E-state index contributed by atoms with van der Waals surface area (Å²) in [5, 5.41) is 2.54. The molecule has 0 spiro atoms. The largest absolute Gasteiger partial charge is 0.328 e. The van der Waals surface area contributed by atoms with E-state index in [4.69, 9.17) is 0 Å². The molecule has 4 nitrogen and oxygen atoms in total. The van der Waals surface area contributed by atoms with Gasteiger partial charge in [0, 0.05) is 16.7 Å². The molecule has 0 bridgehead atoms. The van der Waals surface area contributed by atoms with Gasteiger partial charge in [-0.15, -0.1) is 0 Å². The fourth-order valence-electron chi connectivity index (χ4n) is 1.34. The second-order valence-corrected chi connectivity index (χ2v) is 4.37. The van der Waals surface area contributed by atoms with Crippen LogP contribution in [0.15, 0.2) is 45.8 Å². The van der Waals surface area contributed by atoms with Crippen molar-refractivity contribution >= 4 is 27.5 Å². The molecule has 0 aliphatic rings. The number of carbonyl (C=O) groups is 1. The van der Waals surface area contributed by atoms with Gasteiger partial charge in [0.2, 0.25) is 5.56 Å². The molecule has 0 aliphatic carbocycles. The number of hydrogen-bond acceptors (Lipinski definition) is 2. The summed E-state index contributed by atoms with van der Waals surface area (Å²) in [4.78, 5) is 25.1. The minimum atomic E-state index is -0.449. The number of nitrogens with one attached hydrogen (secondary N) is 2. The zero-order valence-corrected chi connectivity index (χ0v) is 10.6. The third-order valence-corrected chi connectivity index (χ3v) is 2.91. The normalized spacial score (nSPS) is 10.1. The van der Waals surface area contributed by atoms with Gasteiger partial charge in [-0.05, 0) is 40.2 Å². The Morgan fingerprint density at radius 1 is 1.28 bits per heavy atom. The summed E-state index contributed by atoms with van der Waals surface area (Å²) in [6, 6.07) is 6.61. The second-order valence-electron chi connectivity index (χ2n) is 3.52. The van der Waals surface area contributed by atoms with Crippen LogP contribution >= 0.6 is 15.9 Å². The quantitative estimate of drug-likeness (QED) is 0.895. The SMILES string of the molecule is O=C(Nc1cc(F)ccc1Br)c1ccc(=O)[nH]c1. The Kier molecular flexibility index (Phi) is 3.57. The molecule has 0 atom stereocenters. The van der Waals surface area contributed by atoms with E-state index in [0.29, 0.717) is 10.2 Å². The molecule has 0 unspecified atom stereocenters. The number of aromatic amines is 1. The van der Waals surface area contributed by atoms with E-state index in [1.807, 2.05) is 0 Å². The van der Waals surface area contributed by atoms with Crippen molar-refractivity contribution in [3.8, 4) is 0 Å². The number of pyridine rings is 1. The van der Waals surface area contributed by atoms with Crippen molar-refractivity contribution in [3.05, 3.63) is 62.7 Å². The molecule has 2 N–H and O–H groups in total. The van der Waals surface area contributed by atoms with Crippen LogP contribution in [-0.4, -0.2) is 10.9 Å². The van der Waals surface area contributed by atoms with E-state index in [0.717, 1.165) is 0 Å². The van der Waals surface area contributed by atoms with E-state index >= 15 is 0 Å². The highest BCUT2D eigenvalue weighted by atomic mass is 79.9. The van der Waals surface area contributed by atoms with Gasteiger partial charge in [0.25, 0.3) is 5.91 Å². The average molecular weight is 311 g/mol. The van der Waals surface area contributed by atoms with Crippen molar-refractivity contribution in [2.24, 2.45) is 0 Å². The van der Waals surface area contributed by atoms with Gasteiger partial charge < -0.3 is 10.3 Å². The minimum absolute atomic E-state index is 0.283. The molecule has 18 heavy (non-hydrogen) atoms. The van der Waals surface area contributed by atoms with Gasteiger partial charge in [0.15, 0.2) is 0 Å². The third kappa shape index (κ3) is 2.84. The van der Waals surface area contributed by atoms with E-state index in [1.165, 1.54) is 36.5 Å². The molecule has 1 amide bonds. The van der Waals surface area contributed by atoms with E-state index in [1.54, 1.807) is 0 Å². The average Bonchev–Trinajstić information content (AvgIpc) is 2.34. The van der Waals surface area contributed by atoms with Crippen LogP contribution in [0.4, 0.5) is 10.1 Å². The molecule has 0 aliphatic heterocycles. The molecule has 1 heterocycles. The Morgan fingerprint density at radius 3 is 2.72 bits per heavy atom. The molecule has 2 rings (SSSR count). The van der Waals surface area contributed by atoms with Crippen LogP contribution in [0, 0.1) is 5.82 Å². The maximum Gasteiger partial charge on any atom is 0.257 e. The van der Waals surface area contributed by atoms with Crippen LogP contribution in [0.1, 0.15) is 10.4 Å². The van der Waals surface area contributed by atoms with E-state index in [2.05, 4.69) is 26.2 Å². The van der Waals surface area contributed by atoms with E-state index in [-0.39, 0.29) is 11.1 Å². The Balaban J connectivity index is 2.23.